The van der Waals surface area contributed by atoms with Crippen LogP contribution in [-0.2, 0) is 14.2 Å². The molecule has 0 aliphatic carbocycles. The molecule has 4 aromatic rings. The van der Waals surface area contributed by atoms with E-state index in [1.54, 1.807) is 22.2 Å². The maximum Gasteiger partial charge on any atom is 0.184 e. The molecular weight excluding hydrogens is 470 g/mol. The summed E-state index contributed by atoms with van der Waals surface area (Å²) in [4.78, 5) is 7.47. The summed E-state index contributed by atoms with van der Waals surface area (Å²) < 4.78 is 21.1. The number of fused-ring (bicyclic) bond motifs is 2. The summed E-state index contributed by atoms with van der Waals surface area (Å²) in [7, 11) is 0. The number of hydrogen-bond donors (Lipinski definition) is 1. The summed E-state index contributed by atoms with van der Waals surface area (Å²) in [5.74, 6) is 0.389. The van der Waals surface area contributed by atoms with Crippen molar-refractivity contribution in [3.8, 4) is 5.69 Å². The molecule has 0 spiro atoms. The maximum absolute atomic E-state index is 11.3. The zero-order valence-corrected chi connectivity index (χ0v) is 19.4. The molecule has 12 heteroatoms. The van der Waals surface area contributed by atoms with Gasteiger partial charge >= 0.3 is 0 Å². The van der Waals surface area contributed by atoms with Crippen LogP contribution in [0.2, 0.25) is 0 Å². The Morgan fingerprint density at radius 3 is 2.89 bits per heavy atom. The molecule has 2 saturated heterocycles. The molecule has 4 heterocycles. The Balaban J connectivity index is 1.32. The van der Waals surface area contributed by atoms with Crippen LogP contribution < -0.4 is 0 Å². The molecule has 0 saturated carbocycles. The lowest BCUT2D eigenvalue weighted by Crippen LogP contribution is -2.58. The molecule has 2 aromatic heterocycles. The molecule has 178 valence electrons. The highest BCUT2D eigenvalue weighted by molar-refractivity contribution is 7.18. The van der Waals surface area contributed by atoms with Crippen molar-refractivity contribution in [2.45, 2.75) is 43.7 Å². The van der Waals surface area contributed by atoms with Gasteiger partial charge in [-0.3, -0.25) is 4.57 Å². The molecule has 3 unspecified atom stereocenters. The lowest BCUT2D eigenvalue weighted by atomic mass is 9.91. The first-order valence-electron chi connectivity index (χ1n) is 11.1. The third-order valence-electron chi connectivity index (χ3n) is 6.22. The Hall–Kier alpha value is -3.38. The average Bonchev–Trinajstić information content (AvgIpc) is 3.51. The monoisotopic (exact) mass is 491 g/mol. The smallest absolute Gasteiger partial charge is 0.184 e. The second-order valence-corrected chi connectivity index (χ2v) is 9.64. The van der Waals surface area contributed by atoms with Crippen LogP contribution in [0.1, 0.15) is 28.8 Å². The van der Waals surface area contributed by atoms with Crippen molar-refractivity contribution in [1.82, 2.24) is 19.7 Å². The lowest BCUT2D eigenvalue weighted by molar-refractivity contribution is -0.309. The normalized spacial score (nSPS) is 28.4. The second-order valence-electron chi connectivity index (χ2n) is 8.40. The summed E-state index contributed by atoms with van der Waals surface area (Å²) in [5.41, 5.74) is 11.8. The molecule has 2 fully saturated rings. The predicted molar refractivity (Wildman–Crippen MR) is 126 cm³/mol. The molecule has 2 aliphatic heterocycles. The molecule has 11 nitrogen and oxygen atoms in total. The van der Waals surface area contributed by atoms with E-state index in [2.05, 4.69) is 25.2 Å². The summed E-state index contributed by atoms with van der Waals surface area (Å²) in [6.45, 7) is 2.16. The van der Waals surface area contributed by atoms with Crippen LogP contribution in [0.4, 0.5) is 0 Å². The van der Waals surface area contributed by atoms with Crippen LogP contribution in [0, 0.1) is 6.92 Å². The third kappa shape index (κ3) is 3.96. The van der Waals surface area contributed by atoms with E-state index in [4.69, 9.17) is 14.2 Å². The average molecular weight is 492 g/mol. The fraction of sp³-hybridized carbons (Fsp3) is 0.348. The van der Waals surface area contributed by atoms with Crippen molar-refractivity contribution in [1.29, 1.82) is 0 Å². The Kier molecular flexibility index (Phi) is 5.69. The van der Waals surface area contributed by atoms with E-state index in [1.807, 2.05) is 55.5 Å². The molecule has 1 N–H and O–H groups in total. The van der Waals surface area contributed by atoms with Gasteiger partial charge in [0, 0.05) is 16.2 Å². The molecule has 35 heavy (non-hydrogen) atoms. The Morgan fingerprint density at radius 1 is 1.20 bits per heavy atom. The standard InChI is InChI=1S/C23H21N7O4S/c1-12-26-15-8-7-14(9-17(15)35-12)30-11-25-28-22(30)21-19(31)18(27-29-24)20-16(33-21)10-32-23(34-20)13-5-3-2-4-6-13/h2-9,11,16,18-21,23,31H,10H2,1H3/t16?,18-,19?,20+,21-,23?/m1/s1. The van der Waals surface area contributed by atoms with Gasteiger partial charge in [-0.05, 0) is 30.7 Å². The number of ether oxygens (including phenoxy) is 3. The quantitative estimate of drug-likeness (QED) is 0.260. The molecule has 2 aliphatic rings. The van der Waals surface area contributed by atoms with E-state index in [9.17, 15) is 10.6 Å². The number of aliphatic hydroxyl groups excluding tert-OH is 1. The molecule has 0 amide bonds. The number of aliphatic hydroxyl groups is 1. The van der Waals surface area contributed by atoms with Crippen LogP contribution in [0.25, 0.3) is 26.3 Å². The van der Waals surface area contributed by atoms with E-state index in [0.29, 0.717) is 5.82 Å². The first-order chi connectivity index (χ1) is 17.1. The van der Waals surface area contributed by atoms with Gasteiger partial charge in [-0.25, -0.2) is 4.98 Å². The maximum atomic E-state index is 11.3. The summed E-state index contributed by atoms with van der Waals surface area (Å²) in [6.07, 6.45) is -2.47. The molecule has 0 radical (unpaired) electrons. The Labute approximate surface area is 203 Å². The number of hydrogen-bond acceptors (Lipinski definition) is 9. The van der Waals surface area contributed by atoms with Crippen LogP contribution in [0.3, 0.4) is 0 Å². The highest BCUT2D eigenvalue weighted by atomic mass is 32.1. The van der Waals surface area contributed by atoms with E-state index >= 15 is 0 Å². The van der Waals surface area contributed by atoms with Crippen molar-refractivity contribution in [2.75, 3.05) is 6.61 Å². The van der Waals surface area contributed by atoms with Crippen LogP contribution in [0.5, 0.6) is 0 Å². The Morgan fingerprint density at radius 2 is 2.06 bits per heavy atom. The number of rotatable bonds is 4. The molecule has 6 rings (SSSR count). The second kappa shape index (κ2) is 9.00. The van der Waals surface area contributed by atoms with Gasteiger partial charge in [-0.1, -0.05) is 35.4 Å². The third-order valence-corrected chi connectivity index (χ3v) is 7.15. The molecular formula is C23H21N7O4S. The van der Waals surface area contributed by atoms with Crippen molar-refractivity contribution in [3.63, 3.8) is 0 Å². The first kappa shape index (κ1) is 22.1. The number of thiazole rings is 1. The largest absolute Gasteiger partial charge is 0.389 e. The predicted octanol–water partition coefficient (Wildman–Crippen LogP) is 3.78. The van der Waals surface area contributed by atoms with E-state index < -0.39 is 36.7 Å². The number of benzene rings is 2. The van der Waals surface area contributed by atoms with E-state index in [0.717, 1.165) is 26.5 Å². The molecule has 6 atom stereocenters. The highest BCUT2D eigenvalue weighted by Crippen LogP contribution is 2.40. The summed E-state index contributed by atoms with van der Waals surface area (Å²) >= 11 is 1.59. The number of aromatic nitrogens is 4. The van der Waals surface area contributed by atoms with Gasteiger partial charge in [0.15, 0.2) is 12.1 Å². The highest BCUT2D eigenvalue weighted by Gasteiger charge is 2.50. The van der Waals surface area contributed by atoms with E-state index in [-0.39, 0.29) is 6.61 Å². The summed E-state index contributed by atoms with van der Waals surface area (Å²) in [6, 6.07) is 14.4. The zero-order valence-electron chi connectivity index (χ0n) is 18.6. The minimum absolute atomic E-state index is 0.200. The minimum Gasteiger partial charge on any atom is -0.389 e. The van der Waals surface area contributed by atoms with Crippen molar-refractivity contribution in [2.24, 2.45) is 5.11 Å². The van der Waals surface area contributed by atoms with Crippen LogP contribution in [0.15, 0.2) is 60.0 Å². The van der Waals surface area contributed by atoms with Gasteiger partial charge in [-0.15, -0.1) is 21.5 Å². The van der Waals surface area contributed by atoms with Gasteiger partial charge < -0.3 is 19.3 Å². The van der Waals surface area contributed by atoms with Gasteiger partial charge in [-0.2, -0.15) is 0 Å². The minimum atomic E-state index is -1.21. The molecule has 2 aromatic carbocycles. The zero-order chi connectivity index (χ0) is 23.9. The fourth-order valence-electron chi connectivity index (χ4n) is 4.61. The number of aryl methyl sites for hydroxylation is 1. The number of azide groups is 1. The van der Waals surface area contributed by atoms with Crippen LogP contribution >= 0.6 is 11.3 Å². The van der Waals surface area contributed by atoms with Gasteiger partial charge in [0.1, 0.15) is 24.6 Å². The fourth-order valence-corrected chi connectivity index (χ4v) is 5.47. The van der Waals surface area contributed by atoms with Crippen molar-refractivity contribution < 1.29 is 19.3 Å². The first-order valence-corrected chi connectivity index (χ1v) is 11.9. The van der Waals surface area contributed by atoms with Gasteiger partial charge in [0.05, 0.1) is 34.0 Å². The van der Waals surface area contributed by atoms with Crippen LogP contribution in [-0.4, -0.2) is 55.8 Å². The van der Waals surface area contributed by atoms with Gasteiger partial charge in [0.2, 0.25) is 0 Å². The summed E-state index contributed by atoms with van der Waals surface area (Å²) in [5, 5.41) is 24.4. The molecule has 0 bridgehead atoms. The number of nitrogens with zero attached hydrogens (tertiary/aromatic N) is 7. The topological polar surface area (TPSA) is 140 Å². The van der Waals surface area contributed by atoms with Crippen molar-refractivity contribution >= 4 is 21.6 Å². The van der Waals surface area contributed by atoms with Crippen molar-refractivity contribution in [3.05, 3.63) is 81.7 Å². The lowest BCUT2D eigenvalue weighted by Gasteiger charge is -2.46. The van der Waals surface area contributed by atoms with E-state index in [1.165, 1.54) is 0 Å². The Bertz CT molecular complexity index is 1400. The SMILES string of the molecule is Cc1nc2ccc(-n3cnnc3[C@@H]3OC4COC(c5ccccc5)O[C@@H]4[C@H](N=[N+]=[N-])C3O)cc2s1. The van der Waals surface area contributed by atoms with Gasteiger partial charge in [0.25, 0.3) is 0 Å².